The van der Waals surface area contributed by atoms with Gasteiger partial charge in [0.05, 0.1) is 0 Å². The molecule has 1 rings (SSSR count). The molecule has 1 radical (unpaired) electrons. The predicted octanol–water partition coefficient (Wildman–Crippen LogP) is 0.894. The first-order valence-corrected chi connectivity index (χ1v) is 2.82. The molecular weight excluding hydrogens is 126 g/mol. The summed E-state index contributed by atoms with van der Waals surface area (Å²) >= 11 is 0. The fourth-order valence-corrected chi connectivity index (χ4v) is 0.507. The molecule has 1 aromatic rings. The van der Waals surface area contributed by atoms with Gasteiger partial charge < -0.3 is 4.74 Å². The standard InChI is InChI=1S/C8H6NO/c1-2-7-10-8-5-3-4-6-9-8/h1,3,5-6H,7H2. The highest BCUT2D eigenvalue weighted by molar-refractivity contribution is 5.09. The van der Waals surface area contributed by atoms with E-state index < -0.39 is 0 Å². The number of ether oxygens (including phenoxy) is 1. The highest BCUT2D eigenvalue weighted by Crippen LogP contribution is 2.01. The average Bonchev–Trinajstić information content (AvgIpc) is 2.03. The molecule has 0 aliphatic heterocycles. The van der Waals surface area contributed by atoms with Crippen molar-refractivity contribution in [3.05, 3.63) is 24.4 Å². The van der Waals surface area contributed by atoms with Crippen LogP contribution in [0.4, 0.5) is 0 Å². The number of hydrogen-bond donors (Lipinski definition) is 0. The van der Waals surface area contributed by atoms with Gasteiger partial charge in [-0.3, -0.25) is 0 Å². The number of nitrogens with zero attached hydrogens (tertiary/aromatic N) is 1. The molecule has 0 spiro atoms. The zero-order chi connectivity index (χ0) is 7.23. The van der Waals surface area contributed by atoms with Crippen LogP contribution in [-0.4, -0.2) is 11.6 Å². The molecule has 1 heterocycles. The fraction of sp³-hybridized carbons (Fsp3) is 0.125. The topological polar surface area (TPSA) is 22.1 Å². The zero-order valence-electron chi connectivity index (χ0n) is 5.37. The second kappa shape index (κ2) is 3.52. The quantitative estimate of drug-likeness (QED) is 0.557. The van der Waals surface area contributed by atoms with Gasteiger partial charge in [-0.15, -0.1) is 6.42 Å². The van der Waals surface area contributed by atoms with Crippen LogP contribution in [0.5, 0.6) is 5.88 Å². The number of rotatable bonds is 2. The number of pyridine rings is 1. The van der Waals surface area contributed by atoms with Crippen molar-refractivity contribution in [1.82, 2.24) is 4.98 Å². The number of hydrogen-bond acceptors (Lipinski definition) is 2. The first-order valence-electron chi connectivity index (χ1n) is 2.82. The maximum atomic E-state index is 4.99. The summed E-state index contributed by atoms with van der Waals surface area (Å²) in [5, 5.41) is 0. The molecule has 0 bridgehead atoms. The van der Waals surface area contributed by atoms with Crippen molar-refractivity contribution >= 4 is 0 Å². The summed E-state index contributed by atoms with van der Waals surface area (Å²) in [6.45, 7) is 0.261. The van der Waals surface area contributed by atoms with Crippen LogP contribution in [0, 0.1) is 18.4 Å². The predicted molar refractivity (Wildman–Crippen MR) is 37.4 cm³/mol. The maximum Gasteiger partial charge on any atom is 0.214 e. The average molecular weight is 132 g/mol. The lowest BCUT2D eigenvalue weighted by Gasteiger charge is -1.96. The van der Waals surface area contributed by atoms with Gasteiger partial charge in [0.1, 0.15) is 0 Å². The molecule has 10 heavy (non-hydrogen) atoms. The molecule has 0 saturated carbocycles. The lowest BCUT2D eigenvalue weighted by atomic mass is 10.5. The van der Waals surface area contributed by atoms with Crippen LogP contribution in [0.2, 0.25) is 0 Å². The van der Waals surface area contributed by atoms with E-state index in [-0.39, 0.29) is 6.61 Å². The zero-order valence-corrected chi connectivity index (χ0v) is 5.37. The summed E-state index contributed by atoms with van der Waals surface area (Å²) in [5.41, 5.74) is 0. The van der Waals surface area contributed by atoms with Gasteiger partial charge in [0.25, 0.3) is 0 Å². The Balaban J connectivity index is 2.52. The Morgan fingerprint density at radius 2 is 2.70 bits per heavy atom. The Hall–Kier alpha value is -1.49. The van der Waals surface area contributed by atoms with E-state index in [0.717, 1.165) is 0 Å². The van der Waals surface area contributed by atoms with E-state index in [1.54, 1.807) is 12.1 Å². The van der Waals surface area contributed by atoms with Crippen LogP contribution in [0.25, 0.3) is 0 Å². The minimum atomic E-state index is 0.261. The Bertz CT molecular complexity index is 225. The smallest absolute Gasteiger partial charge is 0.214 e. The SMILES string of the molecule is C#CCOc1cc[c]cn1. The lowest BCUT2D eigenvalue weighted by Crippen LogP contribution is -1.94. The summed E-state index contributed by atoms with van der Waals surface area (Å²) in [5.74, 6) is 2.88. The van der Waals surface area contributed by atoms with Gasteiger partial charge in [-0.05, 0) is 6.07 Å². The number of aromatic nitrogens is 1. The van der Waals surface area contributed by atoms with Crippen LogP contribution >= 0.6 is 0 Å². The van der Waals surface area contributed by atoms with Crippen molar-refractivity contribution < 1.29 is 4.74 Å². The van der Waals surface area contributed by atoms with Gasteiger partial charge in [0, 0.05) is 18.3 Å². The minimum Gasteiger partial charge on any atom is -0.464 e. The van der Waals surface area contributed by atoms with Gasteiger partial charge in [0.15, 0.2) is 6.61 Å². The van der Waals surface area contributed by atoms with Gasteiger partial charge >= 0.3 is 0 Å². The third-order valence-electron chi connectivity index (χ3n) is 0.892. The normalized spacial score (nSPS) is 8.30. The molecule has 0 atom stereocenters. The Morgan fingerprint density at radius 3 is 3.30 bits per heavy atom. The molecule has 0 N–H and O–H groups in total. The first-order chi connectivity index (χ1) is 4.93. The van der Waals surface area contributed by atoms with Crippen molar-refractivity contribution in [2.75, 3.05) is 6.61 Å². The monoisotopic (exact) mass is 132 g/mol. The summed E-state index contributed by atoms with van der Waals surface area (Å²) in [6.07, 6.45) is 6.50. The van der Waals surface area contributed by atoms with Crippen molar-refractivity contribution in [2.45, 2.75) is 0 Å². The van der Waals surface area contributed by atoms with Gasteiger partial charge in [0.2, 0.25) is 5.88 Å². The Morgan fingerprint density at radius 1 is 1.80 bits per heavy atom. The molecule has 0 aliphatic rings. The van der Waals surface area contributed by atoms with E-state index in [4.69, 9.17) is 11.2 Å². The maximum absolute atomic E-state index is 4.99. The van der Waals surface area contributed by atoms with Crippen LogP contribution in [0.3, 0.4) is 0 Å². The Kier molecular flexibility index (Phi) is 2.33. The van der Waals surface area contributed by atoms with Crippen LogP contribution in [0.15, 0.2) is 18.3 Å². The summed E-state index contributed by atoms with van der Waals surface area (Å²) in [6, 6.07) is 6.19. The van der Waals surface area contributed by atoms with Crippen LogP contribution in [-0.2, 0) is 0 Å². The molecule has 0 fully saturated rings. The van der Waals surface area contributed by atoms with Crippen molar-refractivity contribution in [3.63, 3.8) is 0 Å². The number of terminal acetylenes is 1. The largest absolute Gasteiger partial charge is 0.464 e. The van der Waals surface area contributed by atoms with Crippen molar-refractivity contribution in [1.29, 1.82) is 0 Å². The molecule has 2 nitrogen and oxygen atoms in total. The van der Waals surface area contributed by atoms with E-state index >= 15 is 0 Å². The summed E-state index contributed by atoms with van der Waals surface area (Å²) < 4.78 is 4.99. The van der Waals surface area contributed by atoms with Crippen LogP contribution in [0.1, 0.15) is 0 Å². The van der Waals surface area contributed by atoms with Gasteiger partial charge in [-0.25, -0.2) is 4.98 Å². The van der Waals surface area contributed by atoms with Gasteiger partial charge in [-0.2, -0.15) is 0 Å². The third-order valence-corrected chi connectivity index (χ3v) is 0.892. The molecular formula is C8H6NO. The lowest BCUT2D eigenvalue weighted by molar-refractivity contribution is 0.355. The van der Waals surface area contributed by atoms with Gasteiger partial charge in [-0.1, -0.05) is 5.92 Å². The first kappa shape index (κ1) is 6.63. The molecule has 0 unspecified atom stereocenters. The highest BCUT2D eigenvalue weighted by Gasteiger charge is 1.87. The van der Waals surface area contributed by atoms with E-state index in [1.807, 2.05) is 0 Å². The van der Waals surface area contributed by atoms with Crippen LogP contribution < -0.4 is 4.74 Å². The second-order valence-electron chi connectivity index (χ2n) is 1.59. The summed E-state index contributed by atoms with van der Waals surface area (Å²) in [4.78, 5) is 3.84. The molecule has 1 aromatic heterocycles. The van der Waals surface area contributed by atoms with E-state index in [1.165, 1.54) is 6.20 Å². The molecule has 0 aliphatic carbocycles. The molecule has 0 saturated heterocycles. The second-order valence-corrected chi connectivity index (χ2v) is 1.59. The molecule has 2 heteroatoms. The highest BCUT2D eigenvalue weighted by atomic mass is 16.5. The minimum absolute atomic E-state index is 0.261. The fourth-order valence-electron chi connectivity index (χ4n) is 0.507. The van der Waals surface area contributed by atoms with E-state index in [2.05, 4.69) is 17.0 Å². The van der Waals surface area contributed by atoms with E-state index in [0.29, 0.717) is 5.88 Å². The summed E-state index contributed by atoms with van der Waals surface area (Å²) in [7, 11) is 0. The van der Waals surface area contributed by atoms with Crippen molar-refractivity contribution in [2.24, 2.45) is 0 Å². The Labute approximate surface area is 59.9 Å². The molecule has 49 valence electrons. The van der Waals surface area contributed by atoms with E-state index in [9.17, 15) is 0 Å². The van der Waals surface area contributed by atoms with Crippen molar-refractivity contribution in [3.8, 4) is 18.2 Å². The molecule has 0 aromatic carbocycles. The molecule has 0 amide bonds. The third kappa shape index (κ3) is 1.79.